The van der Waals surface area contributed by atoms with Crippen molar-refractivity contribution in [2.45, 2.75) is 69.8 Å². The summed E-state index contributed by atoms with van der Waals surface area (Å²) in [6.07, 6.45) is 0.0535. The zero-order valence-electron chi connectivity index (χ0n) is 19.9. The van der Waals surface area contributed by atoms with Gasteiger partial charge in [-0.3, -0.25) is 14.5 Å². The number of hydrogen-bond donors (Lipinski definition) is 2. The summed E-state index contributed by atoms with van der Waals surface area (Å²) in [5.74, 6) is -1.71. The van der Waals surface area contributed by atoms with Gasteiger partial charge in [0.05, 0.1) is 13.2 Å². The van der Waals surface area contributed by atoms with Crippen molar-refractivity contribution in [1.82, 2.24) is 15.1 Å². The van der Waals surface area contributed by atoms with Crippen molar-refractivity contribution in [3.05, 3.63) is 35.9 Å². The van der Waals surface area contributed by atoms with Gasteiger partial charge in [0.1, 0.15) is 11.8 Å². The molecule has 0 saturated carbocycles. The lowest BCUT2D eigenvalue weighted by Crippen LogP contribution is -2.69. The van der Waals surface area contributed by atoms with Crippen molar-refractivity contribution in [3.8, 4) is 0 Å². The Morgan fingerprint density at radius 2 is 1.94 bits per heavy atom. The number of esters is 2. The number of rotatable bonds is 8. The number of carbonyl (C=O) groups excluding carboxylic acids is 3. The Kier molecular flexibility index (Phi) is 8.14. The lowest BCUT2D eigenvalue weighted by molar-refractivity contribution is -0.170. The van der Waals surface area contributed by atoms with Crippen molar-refractivity contribution in [3.63, 3.8) is 0 Å². The number of benzene rings is 1. The summed E-state index contributed by atoms with van der Waals surface area (Å²) >= 11 is 0. The Morgan fingerprint density at radius 1 is 1.24 bits per heavy atom. The molecular formula is C24H33N3O7. The Labute approximate surface area is 199 Å². The number of methoxy groups -OCH3 is 1. The van der Waals surface area contributed by atoms with Crippen molar-refractivity contribution in [1.29, 1.82) is 0 Å². The maximum absolute atomic E-state index is 13.6. The van der Waals surface area contributed by atoms with Gasteiger partial charge in [-0.2, -0.15) is 0 Å². The highest BCUT2D eigenvalue weighted by atomic mass is 16.6. The molecule has 4 atom stereocenters. The van der Waals surface area contributed by atoms with Gasteiger partial charge in [0.2, 0.25) is 5.91 Å². The Balaban J connectivity index is 2.14. The lowest BCUT2D eigenvalue weighted by Gasteiger charge is -2.49. The van der Waals surface area contributed by atoms with Crippen LogP contribution in [0, 0.1) is 0 Å². The molecule has 186 valence electrons. The van der Waals surface area contributed by atoms with E-state index in [1.807, 2.05) is 30.3 Å². The van der Waals surface area contributed by atoms with Gasteiger partial charge in [-0.25, -0.2) is 9.59 Å². The third-order valence-electron chi connectivity index (χ3n) is 6.59. The van der Waals surface area contributed by atoms with E-state index in [0.29, 0.717) is 32.4 Å². The third kappa shape index (κ3) is 5.16. The molecule has 2 saturated heterocycles. The first kappa shape index (κ1) is 25.5. The number of nitrogens with one attached hydrogen (secondary N) is 1. The van der Waals surface area contributed by atoms with Crippen molar-refractivity contribution in [2.75, 3.05) is 20.2 Å². The molecule has 0 radical (unpaired) electrons. The molecule has 2 N–H and O–H groups in total. The van der Waals surface area contributed by atoms with Crippen LogP contribution < -0.4 is 5.32 Å². The minimum absolute atomic E-state index is 0.179. The van der Waals surface area contributed by atoms with Gasteiger partial charge in [-0.05, 0) is 44.7 Å². The van der Waals surface area contributed by atoms with E-state index >= 15 is 0 Å². The summed E-state index contributed by atoms with van der Waals surface area (Å²) in [6, 6.07) is 7.38. The van der Waals surface area contributed by atoms with E-state index in [9.17, 15) is 24.3 Å². The standard InChI is InChI=1S/C24H33N3O7/c1-16(34-17(2)28)20(22(30)33-3)27(23(31)32)24(15-18-9-5-4-6-10-18)12-8-14-26(24)21(29)19-11-7-13-25-19/h4-6,9-10,16,19-20,25H,7-8,11-15H2,1-3H3,(H,31,32)/t16-,19?,20+,24?/m1/s1. The number of carboxylic acid groups (broad SMARTS) is 1. The molecule has 2 fully saturated rings. The first-order valence-corrected chi connectivity index (χ1v) is 11.6. The van der Waals surface area contributed by atoms with Crippen molar-refractivity contribution >= 4 is 23.9 Å². The molecule has 1 aromatic rings. The van der Waals surface area contributed by atoms with Crippen LogP contribution in [-0.4, -0.2) is 82.9 Å². The van der Waals surface area contributed by atoms with E-state index in [4.69, 9.17) is 9.47 Å². The first-order valence-electron chi connectivity index (χ1n) is 11.6. The molecule has 1 aromatic carbocycles. The molecule has 2 heterocycles. The fourth-order valence-corrected chi connectivity index (χ4v) is 5.21. The predicted molar refractivity (Wildman–Crippen MR) is 122 cm³/mol. The first-order chi connectivity index (χ1) is 16.2. The van der Waals surface area contributed by atoms with Gasteiger partial charge >= 0.3 is 18.0 Å². The zero-order chi connectivity index (χ0) is 24.9. The summed E-state index contributed by atoms with van der Waals surface area (Å²) in [6.45, 7) is 3.71. The van der Waals surface area contributed by atoms with E-state index in [1.54, 1.807) is 4.90 Å². The summed E-state index contributed by atoms with van der Waals surface area (Å²) in [7, 11) is 1.15. The number of hydrogen-bond acceptors (Lipinski definition) is 7. The molecule has 10 nitrogen and oxygen atoms in total. The van der Waals surface area contributed by atoms with Gasteiger partial charge in [0.15, 0.2) is 6.04 Å². The molecule has 3 rings (SSSR count). The summed E-state index contributed by atoms with van der Waals surface area (Å²) in [5, 5.41) is 13.7. The number of nitrogens with zero attached hydrogens (tertiary/aromatic N) is 2. The van der Waals surface area contributed by atoms with Crippen LogP contribution in [0.1, 0.15) is 45.1 Å². The molecule has 2 aliphatic heterocycles. The molecule has 0 spiro atoms. The van der Waals surface area contributed by atoms with E-state index in [2.05, 4.69) is 5.32 Å². The molecule has 34 heavy (non-hydrogen) atoms. The van der Waals surface area contributed by atoms with Crippen molar-refractivity contribution in [2.24, 2.45) is 0 Å². The quantitative estimate of drug-likeness (QED) is 0.545. The SMILES string of the molecule is COC(=O)[C@H]([C@@H](C)OC(C)=O)N(C(=O)O)C1(Cc2ccccc2)CCCN1C(=O)C1CCCN1. The minimum atomic E-state index is -1.46. The molecule has 2 unspecified atom stereocenters. The van der Waals surface area contributed by atoms with Gasteiger partial charge < -0.3 is 24.8 Å². The number of carbonyl (C=O) groups is 4. The van der Waals surface area contributed by atoms with E-state index in [0.717, 1.165) is 24.0 Å². The molecular weight excluding hydrogens is 442 g/mol. The average Bonchev–Trinajstić information content (AvgIpc) is 3.47. The second-order valence-electron chi connectivity index (χ2n) is 8.82. The lowest BCUT2D eigenvalue weighted by atomic mass is 9.91. The number of likely N-dealkylation sites (tertiary alicyclic amines) is 1. The predicted octanol–water partition coefficient (Wildman–Crippen LogP) is 1.77. The van der Waals surface area contributed by atoms with Crippen LogP contribution in [-0.2, 0) is 30.3 Å². The highest BCUT2D eigenvalue weighted by Gasteiger charge is 2.56. The number of amides is 2. The molecule has 2 amide bonds. The summed E-state index contributed by atoms with van der Waals surface area (Å²) in [4.78, 5) is 53.7. The maximum Gasteiger partial charge on any atom is 0.410 e. The fourth-order valence-electron chi connectivity index (χ4n) is 5.21. The van der Waals surface area contributed by atoms with Gasteiger partial charge in [0.25, 0.3) is 0 Å². The maximum atomic E-state index is 13.6. The van der Waals surface area contributed by atoms with E-state index in [-0.39, 0.29) is 12.3 Å². The topological polar surface area (TPSA) is 125 Å². The van der Waals surface area contributed by atoms with Crippen LogP contribution in [0.5, 0.6) is 0 Å². The van der Waals surface area contributed by atoms with Gasteiger partial charge in [-0.1, -0.05) is 30.3 Å². The fraction of sp³-hybridized carbons (Fsp3) is 0.583. The summed E-state index contributed by atoms with van der Waals surface area (Å²) < 4.78 is 10.2. The normalized spacial score (nSPS) is 23.7. The molecule has 10 heteroatoms. The Bertz CT molecular complexity index is 903. The Morgan fingerprint density at radius 3 is 2.50 bits per heavy atom. The Hall–Kier alpha value is -3.14. The van der Waals surface area contributed by atoms with E-state index in [1.165, 1.54) is 13.8 Å². The summed E-state index contributed by atoms with van der Waals surface area (Å²) in [5.41, 5.74) is -0.543. The molecule has 0 bridgehead atoms. The molecule has 0 aliphatic carbocycles. The van der Waals surface area contributed by atoms with Crippen LogP contribution in [0.4, 0.5) is 4.79 Å². The van der Waals surface area contributed by atoms with Crippen LogP contribution in [0.2, 0.25) is 0 Å². The zero-order valence-corrected chi connectivity index (χ0v) is 19.9. The van der Waals surface area contributed by atoms with Gasteiger partial charge in [-0.15, -0.1) is 0 Å². The largest absolute Gasteiger partial charge is 0.467 e. The second kappa shape index (κ2) is 10.9. The van der Waals surface area contributed by atoms with Crippen LogP contribution in [0.15, 0.2) is 30.3 Å². The average molecular weight is 476 g/mol. The van der Waals surface area contributed by atoms with Crippen molar-refractivity contribution < 1.29 is 33.8 Å². The van der Waals surface area contributed by atoms with E-state index < -0.39 is 41.9 Å². The molecule has 0 aromatic heterocycles. The minimum Gasteiger partial charge on any atom is -0.467 e. The highest BCUT2D eigenvalue weighted by molar-refractivity contribution is 5.86. The third-order valence-corrected chi connectivity index (χ3v) is 6.59. The van der Waals surface area contributed by atoms with Crippen LogP contribution in [0.25, 0.3) is 0 Å². The van der Waals surface area contributed by atoms with Gasteiger partial charge in [0, 0.05) is 19.9 Å². The van der Waals surface area contributed by atoms with Crippen LogP contribution >= 0.6 is 0 Å². The van der Waals surface area contributed by atoms with Crippen LogP contribution in [0.3, 0.4) is 0 Å². The highest BCUT2D eigenvalue weighted by Crippen LogP contribution is 2.39. The smallest absolute Gasteiger partial charge is 0.410 e. The second-order valence-corrected chi connectivity index (χ2v) is 8.82. The monoisotopic (exact) mass is 475 g/mol. The number of ether oxygens (including phenoxy) is 2. The molecule has 2 aliphatic rings.